The molecule has 0 saturated carbocycles. The van der Waals surface area contributed by atoms with Gasteiger partial charge in [-0.3, -0.25) is 9.78 Å². The molecule has 0 atom stereocenters. The number of unbranched alkanes of at least 4 members (excludes halogenated alkanes) is 1. The molecule has 0 spiro atoms. The number of nitrogens with zero attached hydrogens (tertiary/aromatic N) is 2. The van der Waals surface area contributed by atoms with Gasteiger partial charge < -0.3 is 9.64 Å². The van der Waals surface area contributed by atoms with Crippen molar-refractivity contribution in [1.82, 2.24) is 9.88 Å². The first kappa shape index (κ1) is 17.0. The summed E-state index contributed by atoms with van der Waals surface area (Å²) in [5.74, 6) is 0.826. The third-order valence-electron chi connectivity index (χ3n) is 3.64. The van der Waals surface area contributed by atoms with Gasteiger partial charge in [-0.1, -0.05) is 19.4 Å². The first-order chi connectivity index (χ1) is 11.2. The van der Waals surface area contributed by atoms with Gasteiger partial charge in [0, 0.05) is 37.5 Å². The third-order valence-corrected chi connectivity index (χ3v) is 3.64. The van der Waals surface area contributed by atoms with Crippen LogP contribution in [-0.2, 0) is 6.42 Å². The van der Waals surface area contributed by atoms with E-state index in [0.717, 1.165) is 30.7 Å². The Hall–Kier alpha value is -2.36. The molecular formula is C19H24N2O2. The Kier molecular flexibility index (Phi) is 6.60. The maximum atomic E-state index is 12.4. The van der Waals surface area contributed by atoms with Gasteiger partial charge in [0.2, 0.25) is 0 Å². The van der Waals surface area contributed by atoms with Crippen LogP contribution in [0.15, 0.2) is 48.7 Å². The van der Waals surface area contributed by atoms with Gasteiger partial charge in [-0.05, 0) is 42.8 Å². The first-order valence-corrected chi connectivity index (χ1v) is 8.09. The summed E-state index contributed by atoms with van der Waals surface area (Å²) in [6.07, 6.45) is 4.67. The summed E-state index contributed by atoms with van der Waals surface area (Å²) in [6, 6.07) is 13.2. The smallest absolute Gasteiger partial charge is 0.253 e. The lowest BCUT2D eigenvalue weighted by molar-refractivity contribution is 0.0796. The predicted octanol–water partition coefficient (Wildman–Crippen LogP) is 3.58. The molecule has 0 aliphatic carbocycles. The Balaban J connectivity index is 1.86. The fourth-order valence-electron chi connectivity index (χ4n) is 2.18. The number of carbonyl (C=O) groups is 1. The van der Waals surface area contributed by atoms with E-state index >= 15 is 0 Å². The number of pyridine rings is 1. The van der Waals surface area contributed by atoms with Crippen LogP contribution in [0.25, 0.3) is 0 Å². The number of hydrogen-bond acceptors (Lipinski definition) is 3. The monoisotopic (exact) mass is 312 g/mol. The molecular weight excluding hydrogens is 288 g/mol. The predicted molar refractivity (Wildman–Crippen MR) is 91.7 cm³/mol. The Bertz CT molecular complexity index is 597. The van der Waals surface area contributed by atoms with Gasteiger partial charge in [-0.25, -0.2) is 0 Å². The Labute approximate surface area is 138 Å². The molecule has 1 aromatic carbocycles. The molecule has 0 radical (unpaired) electrons. The van der Waals surface area contributed by atoms with Crippen LogP contribution in [0.4, 0.5) is 0 Å². The number of aromatic nitrogens is 1. The van der Waals surface area contributed by atoms with Gasteiger partial charge in [0.15, 0.2) is 0 Å². The van der Waals surface area contributed by atoms with E-state index in [1.807, 2.05) is 49.5 Å². The average Bonchev–Trinajstić information content (AvgIpc) is 2.61. The topological polar surface area (TPSA) is 42.4 Å². The molecule has 1 amide bonds. The minimum Gasteiger partial charge on any atom is -0.494 e. The molecule has 1 heterocycles. The second kappa shape index (κ2) is 8.93. The summed E-state index contributed by atoms with van der Waals surface area (Å²) in [6.45, 7) is 3.49. The van der Waals surface area contributed by atoms with Crippen LogP contribution in [0.3, 0.4) is 0 Å². The molecule has 0 unspecified atom stereocenters. The number of likely N-dealkylation sites (N-methyl/N-ethyl adjacent to an activating group) is 1. The fourth-order valence-corrected chi connectivity index (χ4v) is 2.18. The van der Waals surface area contributed by atoms with Crippen LogP contribution in [0.2, 0.25) is 0 Å². The van der Waals surface area contributed by atoms with Crippen molar-refractivity contribution in [1.29, 1.82) is 0 Å². The average molecular weight is 312 g/mol. The largest absolute Gasteiger partial charge is 0.494 e. The van der Waals surface area contributed by atoms with E-state index in [9.17, 15) is 4.79 Å². The van der Waals surface area contributed by atoms with Crippen molar-refractivity contribution in [2.24, 2.45) is 0 Å². The van der Waals surface area contributed by atoms with E-state index in [4.69, 9.17) is 4.74 Å². The molecule has 0 fully saturated rings. The summed E-state index contributed by atoms with van der Waals surface area (Å²) >= 11 is 0. The zero-order valence-corrected chi connectivity index (χ0v) is 13.9. The van der Waals surface area contributed by atoms with E-state index in [1.165, 1.54) is 0 Å². The summed E-state index contributed by atoms with van der Waals surface area (Å²) in [5.41, 5.74) is 1.67. The lowest BCUT2D eigenvalue weighted by Gasteiger charge is -2.17. The van der Waals surface area contributed by atoms with E-state index in [0.29, 0.717) is 18.7 Å². The quantitative estimate of drug-likeness (QED) is 0.700. The summed E-state index contributed by atoms with van der Waals surface area (Å²) in [7, 11) is 1.82. The van der Waals surface area contributed by atoms with Crippen molar-refractivity contribution in [2.45, 2.75) is 26.2 Å². The Morgan fingerprint density at radius 2 is 1.96 bits per heavy atom. The van der Waals surface area contributed by atoms with Crippen molar-refractivity contribution in [3.63, 3.8) is 0 Å². The maximum Gasteiger partial charge on any atom is 0.253 e. The molecule has 2 rings (SSSR count). The molecule has 0 N–H and O–H groups in total. The minimum absolute atomic E-state index is 0.0149. The number of benzene rings is 1. The molecule has 0 aliphatic heterocycles. The number of carbonyl (C=O) groups excluding carboxylic acids is 1. The molecule has 0 saturated heterocycles. The lowest BCUT2D eigenvalue weighted by atomic mass is 10.2. The normalized spacial score (nSPS) is 10.3. The lowest BCUT2D eigenvalue weighted by Crippen LogP contribution is -2.28. The van der Waals surface area contributed by atoms with Crippen LogP contribution in [-0.4, -0.2) is 36.0 Å². The van der Waals surface area contributed by atoms with Gasteiger partial charge in [-0.2, -0.15) is 0 Å². The number of rotatable bonds is 8. The van der Waals surface area contributed by atoms with Gasteiger partial charge in [0.1, 0.15) is 5.75 Å². The van der Waals surface area contributed by atoms with Crippen molar-refractivity contribution < 1.29 is 9.53 Å². The third kappa shape index (κ3) is 5.40. The second-order valence-electron chi connectivity index (χ2n) is 5.52. The fraction of sp³-hybridized carbons (Fsp3) is 0.368. The molecule has 2 aromatic rings. The summed E-state index contributed by atoms with van der Waals surface area (Å²) < 4.78 is 5.61. The summed E-state index contributed by atoms with van der Waals surface area (Å²) in [4.78, 5) is 18.4. The Morgan fingerprint density at radius 1 is 1.17 bits per heavy atom. The standard InChI is InChI=1S/C19H24N2O2/c1-3-4-15-23-18-10-8-16(9-11-18)19(22)21(2)14-12-17-7-5-6-13-20-17/h5-11,13H,3-4,12,14-15H2,1-2H3. The SMILES string of the molecule is CCCCOc1ccc(C(=O)N(C)CCc2ccccn2)cc1. The number of ether oxygens (including phenoxy) is 1. The maximum absolute atomic E-state index is 12.4. The molecule has 122 valence electrons. The van der Waals surface area contributed by atoms with Crippen LogP contribution in [0, 0.1) is 0 Å². The van der Waals surface area contributed by atoms with Crippen LogP contribution < -0.4 is 4.74 Å². The number of amides is 1. The number of hydrogen-bond donors (Lipinski definition) is 0. The molecule has 0 bridgehead atoms. The van der Waals surface area contributed by atoms with Gasteiger partial charge >= 0.3 is 0 Å². The van der Waals surface area contributed by atoms with Crippen LogP contribution >= 0.6 is 0 Å². The highest BCUT2D eigenvalue weighted by atomic mass is 16.5. The first-order valence-electron chi connectivity index (χ1n) is 8.09. The van der Waals surface area contributed by atoms with E-state index in [2.05, 4.69) is 11.9 Å². The van der Waals surface area contributed by atoms with Crippen molar-refractivity contribution in [2.75, 3.05) is 20.2 Å². The van der Waals surface area contributed by atoms with Crippen LogP contribution in [0.5, 0.6) is 5.75 Å². The van der Waals surface area contributed by atoms with Crippen molar-refractivity contribution in [3.05, 3.63) is 59.9 Å². The van der Waals surface area contributed by atoms with Crippen LogP contribution in [0.1, 0.15) is 35.8 Å². The highest BCUT2D eigenvalue weighted by Gasteiger charge is 2.11. The molecule has 23 heavy (non-hydrogen) atoms. The molecule has 4 nitrogen and oxygen atoms in total. The molecule has 0 aliphatic rings. The van der Waals surface area contributed by atoms with E-state index in [1.54, 1.807) is 11.1 Å². The van der Waals surface area contributed by atoms with Gasteiger partial charge in [-0.15, -0.1) is 0 Å². The Morgan fingerprint density at radius 3 is 2.61 bits per heavy atom. The van der Waals surface area contributed by atoms with E-state index in [-0.39, 0.29) is 5.91 Å². The zero-order valence-electron chi connectivity index (χ0n) is 13.9. The van der Waals surface area contributed by atoms with Gasteiger partial charge in [0.25, 0.3) is 5.91 Å². The van der Waals surface area contributed by atoms with E-state index < -0.39 is 0 Å². The highest BCUT2D eigenvalue weighted by molar-refractivity contribution is 5.94. The summed E-state index contributed by atoms with van der Waals surface area (Å²) in [5, 5.41) is 0. The molecule has 1 aromatic heterocycles. The molecule has 4 heteroatoms. The second-order valence-corrected chi connectivity index (χ2v) is 5.52. The highest BCUT2D eigenvalue weighted by Crippen LogP contribution is 2.14. The van der Waals surface area contributed by atoms with Crippen molar-refractivity contribution in [3.8, 4) is 5.75 Å². The zero-order chi connectivity index (χ0) is 16.5. The van der Waals surface area contributed by atoms with Crippen molar-refractivity contribution >= 4 is 5.91 Å². The minimum atomic E-state index is 0.0149. The van der Waals surface area contributed by atoms with Gasteiger partial charge in [0.05, 0.1) is 6.61 Å².